The minimum Gasteiger partial charge on any atom is -0.345 e. The van der Waals surface area contributed by atoms with Crippen LogP contribution in [0.5, 0.6) is 0 Å². The molecule has 23 heavy (non-hydrogen) atoms. The standard InChI is InChI=1S/C17H28N4OS/c1-14-19-17(12-23-14)11-20-6-2-15(3-7-20)10-18-16-4-8-21(13-22)9-5-16/h12-13,15-16,18H,2-11H2,1H3. The third-order valence-corrected chi connectivity index (χ3v) is 5.96. The van der Waals surface area contributed by atoms with Crippen LogP contribution in [0.15, 0.2) is 5.38 Å². The van der Waals surface area contributed by atoms with Gasteiger partial charge in [0.25, 0.3) is 0 Å². The van der Waals surface area contributed by atoms with Gasteiger partial charge in [-0.05, 0) is 58.2 Å². The van der Waals surface area contributed by atoms with Gasteiger partial charge in [0.05, 0.1) is 10.7 Å². The van der Waals surface area contributed by atoms with E-state index >= 15 is 0 Å². The van der Waals surface area contributed by atoms with Gasteiger partial charge in [-0.3, -0.25) is 9.69 Å². The first kappa shape index (κ1) is 16.9. The molecular weight excluding hydrogens is 308 g/mol. The molecule has 0 radical (unpaired) electrons. The van der Waals surface area contributed by atoms with E-state index < -0.39 is 0 Å². The Hall–Kier alpha value is -0.980. The van der Waals surface area contributed by atoms with E-state index in [0.717, 1.165) is 51.3 Å². The van der Waals surface area contributed by atoms with Crippen molar-refractivity contribution in [2.45, 2.75) is 45.2 Å². The first-order valence-electron chi connectivity index (χ1n) is 8.79. The number of thiazole rings is 1. The largest absolute Gasteiger partial charge is 0.345 e. The Kier molecular flexibility index (Phi) is 6.02. The molecule has 5 nitrogen and oxygen atoms in total. The summed E-state index contributed by atoms with van der Waals surface area (Å²) in [5.41, 5.74) is 1.23. The van der Waals surface area contributed by atoms with Gasteiger partial charge in [-0.25, -0.2) is 4.98 Å². The Morgan fingerprint density at radius 3 is 2.61 bits per heavy atom. The lowest BCUT2D eigenvalue weighted by Crippen LogP contribution is -2.44. The first-order valence-corrected chi connectivity index (χ1v) is 9.67. The average molecular weight is 337 g/mol. The van der Waals surface area contributed by atoms with E-state index in [9.17, 15) is 4.79 Å². The van der Waals surface area contributed by atoms with Crippen LogP contribution in [0.25, 0.3) is 0 Å². The van der Waals surface area contributed by atoms with Crippen molar-refractivity contribution in [3.05, 3.63) is 16.1 Å². The number of amides is 1. The van der Waals surface area contributed by atoms with Crippen LogP contribution in [0.1, 0.15) is 36.4 Å². The van der Waals surface area contributed by atoms with Gasteiger partial charge in [-0.2, -0.15) is 0 Å². The number of piperidine rings is 2. The van der Waals surface area contributed by atoms with Crippen LogP contribution < -0.4 is 5.32 Å². The van der Waals surface area contributed by atoms with Gasteiger partial charge < -0.3 is 10.2 Å². The predicted molar refractivity (Wildman–Crippen MR) is 93.5 cm³/mol. The summed E-state index contributed by atoms with van der Waals surface area (Å²) in [5, 5.41) is 7.09. The summed E-state index contributed by atoms with van der Waals surface area (Å²) in [5.74, 6) is 0.799. The fourth-order valence-corrected chi connectivity index (χ4v) is 4.20. The van der Waals surface area contributed by atoms with Gasteiger partial charge in [0.15, 0.2) is 0 Å². The van der Waals surface area contributed by atoms with E-state index in [-0.39, 0.29) is 0 Å². The van der Waals surface area contributed by atoms with E-state index in [1.165, 1.54) is 36.6 Å². The van der Waals surface area contributed by atoms with E-state index in [4.69, 9.17) is 0 Å². The van der Waals surface area contributed by atoms with Crippen LogP contribution in [0.4, 0.5) is 0 Å². The molecule has 1 aromatic rings. The quantitative estimate of drug-likeness (QED) is 0.806. The van der Waals surface area contributed by atoms with Crippen LogP contribution in [0, 0.1) is 12.8 Å². The molecule has 3 heterocycles. The van der Waals surface area contributed by atoms with Crippen LogP contribution in [-0.2, 0) is 11.3 Å². The number of carbonyl (C=O) groups excluding carboxylic acids is 1. The van der Waals surface area contributed by atoms with Crippen LogP contribution >= 0.6 is 11.3 Å². The number of likely N-dealkylation sites (tertiary alicyclic amines) is 2. The second kappa shape index (κ2) is 8.22. The summed E-state index contributed by atoms with van der Waals surface area (Å²) in [4.78, 5) is 19.7. The maximum Gasteiger partial charge on any atom is 0.209 e. The molecule has 128 valence electrons. The maximum absolute atomic E-state index is 10.7. The number of nitrogens with one attached hydrogen (secondary N) is 1. The lowest BCUT2D eigenvalue weighted by atomic mass is 9.95. The van der Waals surface area contributed by atoms with Crippen LogP contribution in [0.2, 0.25) is 0 Å². The lowest BCUT2D eigenvalue weighted by Gasteiger charge is -2.34. The Bertz CT molecular complexity index is 491. The minimum absolute atomic E-state index is 0.599. The van der Waals surface area contributed by atoms with E-state index in [0.29, 0.717) is 6.04 Å². The topological polar surface area (TPSA) is 48.5 Å². The molecule has 1 amide bonds. The zero-order valence-corrected chi connectivity index (χ0v) is 14.9. The van der Waals surface area contributed by atoms with E-state index in [1.54, 1.807) is 11.3 Å². The minimum atomic E-state index is 0.599. The molecule has 2 aliphatic rings. The van der Waals surface area contributed by atoms with Gasteiger partial charge in [0, 0.05) is 31.1 Å². The second-order valence-electron chi connectivity index (χ2n) is 6.90. The third-order valence-electron chi connectivity index (χ3n) is 5.13. The van der Waals surface area contributed by atoms with Gasteiger partial charge in [0.2, 0.25) is 6.41 Å². The summed E-state index contributed by atoms with van der Waals surface area (Å²) in [6.45, 7) is 8.41. The Morgan fingerprint density at radius 1 is 1.26 bits per heavy atom. The highest BCUT2D eigenvalue weighted by Crippen LogP contribution is 2.20. The summed E-state index contributed by atoms with van der Waals surface area (Å²) in [7, 11) is 0. The SMILES string of the molecule is Cc1nc(CN2CCC(CNC3CCN(C=O)CC3)CC2)cs1. The Morgan fingerprint density at radius 2 is 2.00 bits per heavy atom. The number of carbonyl (C=O) groups is 1. The molecule has 0 aromatic carbocycles. The summed E-state index contributed by atoms with van der Waals surface area (Å²) < 4.78 is 0. The lowest BCUT2D eigenvalue weighted by molar-refractivity contribution is -0.119. The van der Waals surface area contributed by atoms with E-state index in [2.05, 4.69) is 27.5 Å². The first-order chi connectivity index (χ1) is 11.2. The van der Waals surface area contributed by atoms with Crippen molar-refractivity contribution < 1.29 is 4.79 Å². The van der Waals surface area contributed by atoms with Crippen LogP contribution in [-0.4, -0.2) is 60.0 Å². The molecule has 1 N–H and O–H groups in total. The Balaban J connectivity index is 1.32. The van der Waals surface area contributed by atoms with Crippen molar-refractivity contribution in [1.82, 2.24) is 20.1 Å². The number of aryl methyl sites for hydroxylation is 1. The number of hydrogen-bond acceptors (Lipinski definition) is 5. The maximum atomic E-state index is 10.7. The predicted octanol–water partition coefficient (Wildman–Crippen LogP) is 1.87. The highest BCUT2D eigenvalue weighted by molar-refractivity contribution is 7.09. The average Bonchev–Trinajstić information content (AvgIpc) is 2.99. The van der Waals surface area contributed by atoms with Crippen LogP contribution in [0.3, 0.4) is 0 Å². The molecule has 1 aromatic heterocycles. The fraction of sp³-hybridized carbons (Fsp3) is 0.765. The third kappa shape index (κ3) is 4.99. The Labute approximate surface area is 143 Å². The number of nitrogens with zero attached hydrogens (tertiary/aromatic N) is 3. The van der Waals surface area contributed by atoms with Gasteiger partial charge >= 0.3 is 0 Å². The molecular formula is C17H28N4OS. The molecule has 2 aliphatic heterocycles. The molecule has 2 saturated heterocycles. The van der Waals surface area contributed by atoms with Crippen molar-refractivity contribution in [2.75, 3.05) is 32.7 Å². The van der Waals surface area contributed by atoms with Crippen molar-refractivity contribution >= 4 is 17.7 Å². The van der Waals surface area contributed by atoms with E-state index in [1.807, 2.05) is 4.90 Å². The normalized spacial score (nSPS) is 21.7. The molecule has 3 rings (SSSR count). The van der Waals surface area contributed by atoms with Crippen molar-refractivity contribution in [2.24, 2.45) is 5.92 Å². The molecule has 0 atom stereocenters. The second-order valence-corrected chi connectivity index (χ2v) is 7.96. The smallest absolute Gasteiger partial charge is 0.209 e. The molecule has 0 unspecified atom stereocenters. The van der Waals surface area contributed by atoms with Crippen molar-refractivity contribution in [3.63, 3.8) is 0 Å². The summed E-state index contributed by atoms with van der Waals surface area (Å²) >= 11 is 1.75. The summed E-state index contributed by atoms with van der Waals surface area (Å²) in [6, 6.07) is 0.599. The van der Waals surface area contributed by atoms with Gasteiger partial charge in [0.1, 0.15) is 0 Å². The van der Waals surface area contributed by atoms with Crippen molar-refractivity contribution in [3.8, 4) is 0 Å². The van der Waals surface area contributed by atoms with Crippen molar-refractivity contribution in [1.29, 1.82) is 0 Å². The number of aromatic nitrogens is 1. The van der Waals surface area contributed by atoms with Gasteiger partial charge in [-0.1, -0.05) is 0 Å². The van der Waals surface area contributed by atoms with Gasteiger partial charge in [-0.15, -0.1) is 11.3 Å². The molecule has 6 heteroatoms. The summed E-state index contributed by atoms with van der Waals surface area (Å²) in [6.07, 6.45) is 5.74. The molecule has 0 saturated carbocycles. The molecule has 0 aliphatic carbocycles. The fourth-order valence-electron chi connectivity index (χ4n) is 3.60. The number of rotatable bonds is 6. The zero-order chi connectivity index (χ0) is 16.1. The zero-order valence-electron chi connectivity index (χ0n) is 14.0. The number of hydrogen-bond donors (Lipinski definition) is 1. The highest BCUT2D eigenvalue weighted by atomic mass is 32.1. The monoisotopic (exact) mass is 336 g/mol. The molecule has 0 spiro atoms. The highest BCUT2D eigenvalue weighted by Gasteiger charge is 2.22. The molecule has 0 bridgehead atoms. The molecule has 2 fully saturated rings.